The second kappa shape index (κ2) is 4.72. The number of hydrogen-bond donors (Lipinski definition) is 3. The highest BCUT2D eigenvalue weighted by Crippen LogP contribution is 2.26. The molecule has 1 saturated heterocycles. The maximum Gasteiger partial charge on any atom is 0.227 e. The minimum absolute atomic E-state index is 0.150. The summed E-state index contributed by atoms with van der Waals surface area (Å²) in [7, 11) is 0. The smallest absolute Gasteiger partial charge is 0.227 e. The predicted molar refractivity (Wildman–Crippen MR) is 62.0 cm³/mol. The second-order valence-electron chi connectivity index (χ2n) is 5.48. The van der Waals surface area contributed by atoms with Crippen molar-refractivity contribution in [2.45, 2.75) is 51.2 Å². The van der Waals surface area contributed by atoms with Crippen molar-refractivity contribution in [2.24, 2.45) is 5.41 Å². The van der Waals surface area contributed by atoms with Gasteiger partial charge in [-0.15, -0.1) is 0 Å². The summed E-state index contributed by atoms with van der Waals surface area (Å²) in [5.41, 5.74) is -0.248. The van der Waals surface area contributed by atoms with Crippen molar-refractivity contribution in [1.29, 1.82) is 0 Å². The molecule has 0 spiro atoms. The first kappa shape index (κ1) is 11.9. The van der Waals surface area contributed by atoms with Crippen molar-refractivity contribution < 1.29 is 9.90 Å². The zero-order valence-corrected chi connectivity index (χ0v) is 9.96. The lowest BCUT2D eigenvalue weighted by atomic mass is 9.87. The van der Waals surface area contributed by atoms with Crippen LogP contribution in [0.3, 0.4) is 0 Å². The molecule has 1 aliphatic carbocycles. The van der Waals surface area contributed by atoms with E-state index in [1.54, 1.807) is 0 Å². The van der Waals surface area contributed by atoms with Gasteiger partial charge in [-0.2, -0.15) is 0 Å². The van der Waals surface area contributed by atoms with Crippen LogP contribution in [0.4, 0.5) is 0 Å². The van der Waals surface area contributed by atoms with Crippen LogP contribution in [0, 0.1) is 5.41 Å². The Hall–Kier alpha value is -0.610. The van der Waals surface area contributed by atoms with Crippen molar-refractivity contribution in [1.82, 2.24) is 10.6 Å². The minimum atomic E-state index is -0.248. The Morgan fingerprint density at radius 1 is 1.50 bits per heavy atom. The Kier molecular flexibility index (Phi) is 3.50. The summed E-state index contributed by atoms with van der Waals surface area (Å²) in [4.78, 5) is 12.1. The van der Waals surface area contributed by atoms with E-state index in [2.05, 4.69) is 10.6 Å². The minimum Gasteiger partial charge on any atom is -0.393 e. The third-order valence-corrected chi connectivity index (χ3v) is 3.90. The van der Waals surface area contributed by atoms with Gasteiger partial charge >= 0.3 is 0 Å². The number of rotatable bonds is 2. The van der Waals surface area contributed by atoms with E-state index in [-0.39, 0.29) is 23.5 Å². The SMILES string of the molecule is CC1(C(=O)NC2CCCC(O)C2)CCNC1. The third kappa shape index (κ3) is 2.55. The molecule has 0 aromatic rings. The van der Waals surface area contributed by atoms with Crippen molar-refractivity contribution in [2.75, 3.05) is 13.1 Å². The van der Waals surface area contributed by atoms with Crippen molar-refractivity contribution >= 4 is 5.91 Å². The third-order valence-electron chi connectivity index (χ3n) is 3.90. The summed E-state index contributed by atoms with van der Waals surface area (Å²) in [6, 6.07) is 0.175. The zero-order chi connectivity index (χ0) is 11.6. The monoisotopic (exact) mass is 226 g/mol. The van der Waals surface area contributed by atoms with Crippen LogP contribution in [0.15, 0.2) is 0 Å². The van der Waals surface area contributed by atoms with E-state index in [1.165, 1.54) is 0 Å². The highest BCUT2D eigenvalue weighted by atomic mass is 16.3. The summed E-state index contributed by atoms with van der Waals surface area (Å²) in [5.74, 6) is 0.150. The van der Waals surface area contributed by atoms with Crippen LogP contribution >= 0.6 is 0 Å². The van der Waals surface area contributed by atoms with Crippen LogP contribution in [0.25, 0.3) is 0 Å². The first-order chi connectivity index (χ1) is 7.60. The van der Waals surface area contributed by atoms with E-state index in [0.29, 0.717) is 0 Å². The van der Waals surface area contributed by atoms with Gasteiger partial charge in [0.25, 0.3) is 0 Å². The number of aliphatic hydroxyl groups excluding tert-OH is 1. The van der Waals surface area contributed by atoms with Gasteiger partial charge in [0.2, 0.25) is 5.91 Å². The Balaban J connectivity index is 1.86. The molecule has 2 fully saturated rings. The predicted octanol–water partition coefficient (Wildman–Crippen LogP) is 0.406. The zero-order valence-electron chi connectivity index (χ0n) is 9.96. The van der Waals surface area contributed by atoms with Crippen molar-refractivity contribution in [3.8, 4) is 0 Å². The fraction of sp³-hybridized carbons (Fsp3) is 0.917. The van der Waals surface area contributed by atoms with Crippen LogP contribution < -0.4 is 10.6 Å². The Morgan fingerprint density at radius 2 is 2.31 bits per heavy atom. The summed E-state index contributed by atoms with van der Waals surface area (Å²) in [5, 5.41) is 15.9. The first-order valence-corrected chi connectivity index (χ1v) is 6.30. The molecular weight excluding hydrogens is 204 g/mol. The average Bonchev–Trinajstić information content (AvgIpc) is 2.66. The van der Waals surface area contributed by atoms with Crippen molar-refractivity contribution in [3.63, 3.8) is 0 Å². The largest absolute Gasteiger partial charge is 0.393 e. The maximum atomic E-state index is 12.1. The molecule has 1 amide bonds. The number of amides is 1. The molecule has 92 valence electrons. The molecule has 1 heterocycles. The van der Waals surface area contributed by atoms with E-state index in [0.717, 1.165) is 45.2 Å². The summed E-state index contributed by atoms with van der Waals surface area (Å²) >= 11 is 0. The lowest BCUT2D eigenvalue weighted by Crippen LogP contribution is -2.47. The van der Waals surface area contributed by atoms with Gasteiger partial charge < -0.3 is 15.7 Å². The summed E-state index contributed by atoms with van der Waals surface area (Å²) in [6.45, 7) is 3.72. The molecule has 3 unspecified atom stereocenters. The molecular formula is C12H22N2O2. The van der Waals surface area contributed by atoms with Crippen LogP contribution in [-0.4, -0.2) is 36.2 Å². The van der Waals surface area contributed by atoms with E-state index >= 15 is 0 Å². The standard InChI is InChI=1S/C12H22N2O2/c1-12(5-6-13-8-12)11(16)14-9-3-2-4-10(15)7-9/h9-10,13,15H,2-8H2,1H3,(H,14,16). The Morgan fingerprint density at radius 3 is 2.94 bits per heavy atom. The Bertz CT molecular complexity index is 262. The molecule has 2 aliphatic rings. The highest BCUT2D eigenvalue weighted by Gasteiger charge is 2.37. The van der Waals surface area contributed by atoms with Crippen LogP contribution in [0.2, 0.25) is 0 Å². The normalized spacial score (nSPS) is 39.6. The molecule has 3 atom stereocenters. The van der Waals surface area contributed by atoms with Gasteiger partial charge in [-0.25, -0.2) is 0 Å². The second-order valence-corrected chi connectivity index (χ2v) is 5.48. The molecule has 16 heavy (non-hydrogen) atoms. The summed E-state index contributed by atoms with van der Waals surface area (Å²) < 4.78 is 0. The molecule has 0 aromatic carbocycles. The molecule has 0 bridgehead atoms. The first-order valence-electron chi connectivity index (χ1n) is 6.30. The maximum absolute atomic E-state index is 12.1. The topological polar surface area (TPSA) is 61.4 Å². The molecule has 4 nitrogen and oxygen atoms in total. The van der Waals surface area contributed by atoms with Crippen LogP contribution in [0.5, 0.6) is 0 Å². The van der Waals surface area contributed by atoms with Gasteiger partial charge in [-0.1, -0.05) is 0 Å². The lowest BCUT2D eigenvalue weighted by molar-refractivity contribution is -0.130. The summed E-state index contributed by atoms with van der Waals surface area (Å²) in [6.07, 6.45) is 4.30. The van der Waals surface area contributed by atoms with Gasteiger partial charge in [0.05, 0.1) is 11.5 Å². The van der Waals surface area contributed by atoms with E-state index in [9.17, 15) is 9.90 Å². The van der Waals surface area contributed by atoms with E-state index in [1.807, 2.05) is 6.92 Å². The van der Waals surface area contributed by atoms with Crippen LogP contribution in [-0.2, 0) is 4.79 Å². The van der Waals surface area contributed by atoms with Crippen LogP contribution in [0.1, 0.15) is 39.0 Å². The fourth-order valence-corrected chi connectivity index (χ4v) is 2.67. The number of nitrogens with one attached hydrogen (secondary N) is 2. The molecule has 0 radical (unpaired) electrons. The van der Waals surface area contributed by atoms with Gasteiger partial charge in [0.15, 0.2) is 0 Å². The van der Waals surface area contributed by atoms with Gasteiger partial charge in [-0.05, 0) is 45.6 Å². The number of carbonyl (C=O) groups excluding carboxylic acids is 1. The van der Waals surface area contributed by atoms with Gasteiger partial charge in [-0.3, -0.25) is 4.79 Å². The molecule has 0 aromatic heterocycles. The van der Waals surface area contributed by atoms with E-state index in [4.69, 9.17) is 0 Å². The number of hydrogen-bond acceptors (Lipinski definition) is 3. The van der Waals surface area contributed by atoms with Crippen molar-refractivity contribution in [3.05, 3.63) is 0 Å². The fourth-order valence-electron chi connectivity index (χ4n) is 2.67. The quantitative estimate of drug-likeness (QED) is 0.639. The number of carbonyl (C=O) groups is 1. The van der Waals surface area contributed by atoms with Gasteiger partial charge in [0, 0.05) is 12.6 Å². The lowest BCUT2D eigenvalue weighted by Gasteiger charge is -2.30. The average molecular weight is 226 g/mol. The molecule has 1 saturated carbocycles. The molecule has 1 aliphatic heterocycles. The van der Waals surface area contributed by atoms with Gasteiger partial charge in [0.1, 0.15) is 0 Å². The molecule has 4 heteroatoms. The van der Waals surface area contributed by atoms with E-state index < -0.39 is 0 Å². The number of aliphatic hydroxyl groups is 1. The molecule has 3 N–H and O–H groups in total. The molecule has 2 rings (SSSR count). The highest BCUT2D eigenvalue weighted by molar-refractivity contribution is 5.83. The Labute approximate surface area is 96.8 Å².